The molecule has 7 heteroatoms. The molecule has 0 saturated carbocycles. The molecule has 0 unspecified atom stereocenters. The van der Waals surface area contributed by atoms with Crippen LogP contribution in [0.25, 0.3) is 0 Å². The number of nitrogens with zero attached hydrogens (tertiary/aromatic N) is 1. The van der Waals surface area contributed by atoms with Crippen LogP contribution in [0.2, 0.25) is 5.02 Å². The van der Waals surface area contributed by atoms with Crippen molar-refractivity contribution in [3.63, 3.8) is 0 Å². The first kappa shape index (κ1) is 20.9. The van der Waals surface area contributed by atoms with Crippen LogP contribution in [0.15, 0.2) is 76.3 Å². The van der Waals surface area contributed by atoms with Crippen LogP contribution in [0.5, 0.6) is 11.5 Å². The Labute approximate surface area is 182 Å². The minimum atomic E-state index is -0.291. The smallest absolute Gasteiger partial charge is 0.271 e. The molecule has 0 aliphatic heterocycles. The summed E-state index contributed by atoms with van der Waals surface area (Å²) in [4.78, 5) is 12.1. The van der Waals surface area contributed by atoms with E-state index in [-0.39, 0.29) is 5.91 Å². The second kappa shape index (κ2) is 10.1. The maximum Gasteiger partial charge on any atom is 0.271 e. The molecule has 1 N–H and O–H groups in total. The van der Waals surface area contributed by atoms with Crippen LogP contribution in [0.1, 0.15) is 21.5 Å². The van der Waals surface area contributed by atoms with Gasteiger partial charge in [-0.05, 0) is 54.1 Å². The summed E-state index contributed by atoms with van der Waals surface area (Å²) in [5, 5.41) is 4.65. The van der Waals surface area contributed by atoms with Gasteiger partial charge >= 0.3 is 0 Å². The number of benzene rings is 3. The van der Waals surface area contributed by atoms with E-state index in [0.717, 1.165) is 15.6 Å². The highest BCUT2D eigenvalue weighted by Crippen LogP contribution is 2.29. The molecule has 3 rings (SSSR count). The van der Waals surface area contributed by atoms with Crippen LogP contribution in [0, 0.1) is 0 Å². The third-order valence-electron chi connectivity index (χ3n) is 4.01. The Morgan fingerprint density at radius 1 is 1.10 bits per heavy atom. The van der Waals surface area contributed by atoms with E-state index < -0.39 is 0 Å². The molecule has 0 bridgehead atoms. The van der Waals surface area contributed by atoms with Crippen molar-refractivity contribution in [2.75, 3.05) is 7.11 Å². The first-order valence-corrected chi connectivity index (χ1v) is 9.87. The number of hydrogen-bond donors (Lipinski definition) is 1. The molecule has 0 saturated heterocycles. The standard InChI is InChI=1S/C22H18BrClN2O3/c1-28-21-12-15(13-25-26-22(27)16-7-9-18(23)10-8-16)6-11-20(21)29-14-17-4-2-3-5-19(17)24/h2-13H,14H2,1H3,(H,26,27)/b25-13+. The molecule has 1 amide bonds. The van der Waals surface area contributed by atoms with Gasteiger partial charge in [0.15, 0.2) is 11.5 Å². The summed E-state index contributed by atoms with van der Waals surface area (Å²) in [6.07, 6.45) is 1.54. The van der Waals surface area contributed by atoms with Gasteiger partial charge in [-0.3, -0.25) is 4.79 Å². The lowest BCUT2D eigenvalue weighted by Gasteiger charge is -2.12. The number of carbonyl (C=O) groups excluding carboxylic acids is 1. The zero-order chi connectivity index (χ0) is 20.6. The highest BCUT2D eigenvalue weighted by Gasteiger charge is 2.08. The van der Waals surface area contributed by atoms with Crippen molar-refractivity contribution in [3.05, 3.63) is 92.9 Å². The van der Waals surface area contributed by atoms with Gasteiger partial charge < -0.3 is 9.47 Å². The molecular weight excluding hydrogens is 456 g/mol. The summed E-state index contributed by atoms with van der Waals surface area (Å²) in [6.45, 7) is 0.326. The van der Waals surface area contributed by atoms with Gasteiger partial charge in [0.2, 0.25) is 0 Å². The van der Waals surface area contributed by atoms with Gasteiger partial charge in [-0.15, -0.1) is 0 Å². The highest BCUT2D eigenvalue weighted by molar-refractivity contribution is 9.10. The van der Waals surface area contributed by atoms with Crippen LogP contribution in [0.3, 0.4) is 0 Å². The lowest BCUT2D eigenvalue weighted by atomic mass is 10.2. The van der Waals surface area contributed by atoms with Gasteiger partial charge in [-0.2, -0.15) is 5.10 Å². The minimum absolute atomic E-state index is 0.291. The molecular formula is C22H18BrClN2O3. The zero-order valence-electron chi connectivity index (χ0n) is 15.6. The average molecular weight is 474 g/mol. The van der Waals surface area contributed by atoms with E-state index in [9.17, 15) is 4.79 Å². The van der Waals surface area contributed by atoms with Crippen LogP contribution < -0.4 is 14.9 Å². The fourth-order valence-corrected chi connectivity index (χ4v) is 2.94. The van der Waals surface area contributed by atoms with Gasteiger partial charge in [0.25, 0.3) is 5.91 Å². The summed E-state index contributed by atoms with van der Waals surface area (Å²) >= 11 is 9.49. The molecule has 3 aromatic rings. The molecule has 0 radical (unpaired) electrons. The Morgan fingerprint density at radius 3 is 2.59 bits per heavy atom. The van der Waals surface area contributed by atoms with E-state index >= 15 is 0 Å². The largest absolute Gasteiger partial charge is 0.493 e. The van der Waals surface area contributed by atoms with E-state index in [1.165, 1.54) is 6.21 Å². The number of hydrazone groups is 1. The molecule has 0 heterocycles. The molecule has 0 aliphatic carbocycles. The Hall–Kier alpha value is -2.83. The molecule has 148 valence electrons. The number of hydrogen-bond acceptors (Lipinski definition) is 4. The third kappa shape index (κ3) is 5.82. The Morgan fingerprint density at radius 2 is 1.86 bits per heavy atom. The van der Waals surface area contributed by atoms with Gasteiger partial charge in [0.05, 0.1) is 13.3 Å². The Bertz CT molecular complexity index is 1020. The summed E-state index contributed by atoms with van der Waals surface area (Å²) in [7, 11) is 1.56. The molecule has 29 heavy (non-hydrogen) atoms. The SMILES string of the molecule is COc1cc(/C=N/NC(=O)c2ccc(Br)cc2)ccc1OCc1ccccc1Cl. The fourth-order valence-electron chi connectivity index (χ4n) is 2.49. The van der Waals surface area contributed by atoms with Crippen LogP contribution in [-0.2, 0) is 6.61 Å². The number of amides is 1. The fraction of sp³-hybridized carbons (Fsp3) is 0.0909. The molecule has 0 aliphatic rings. The molecule has 5 nitrogen and oxygen atoms in total. The van der Waals surface area contributed by atoms with E-state index in [0.29, 0.717) is 28.7 Å². The predicted molar refractivity (Wildman–Crippen MR) is 118 cm³/mol. The van der Waals surface area contributed by atoms with Gasteiger partial charge in [0.1, 0.15) is 6.61 Å². The Kier molecular flexibility index (Phi) is 7.27. The van der Waals surface area contributed by atoms with E-state index in [1.807, 2.05) is 30.3 Å². The lowest BCUT2D eigenvalue weighted by molar-refractivity contribution is 0.0955. The molecule has 0 spiro atoms. The van der Waals surface area contributed by atoms with Gasteiger partial charge in [0, 0.05) is 20.6 Å². The molecule has 0 atom stereocenters. The van der Waals surface area contributed by atoms with Crippen LogP contribution in [-0.4, -0.2) is 19.2 Å². The average Bonchev–Trinajstić information content (AvgIpc) is 2.74. The van der Waals surface area contributed by atoms with E-state index in [1.54, 1.807) is 43.5 Å². The summed E-state index contributed by atoms with van der Waals surface area (Å²) in [5.74, 6) is 0.851. The van der Waals surface area contributed by atoms with Crippen molar-refractivity contribution < 1.29 is 14.3 Å². The number of nitrogens with one attached hydrogen (secondary N) is 1. The van der Waals surface area contributed by atoms with Crippen molar-refractivity contribution in [1.29, 1.82) is 0 Å². The van der Waals surface area contributed by atoms with Gasteiger partial charge in [-0.25, -0.2) is 5.43 Å². The highest BCUT2D eigenvalue weighted by atomic mass is 79.9. The molecule has 0 fully saturated rings. The van der Waals surface area contributed by atoms with Crippen molar-refractivity contribution in [2.45, 2.75) is 6.61 Å². The number of ether oxygens (including phenoxy) is 2. The normalized spacial score (nSPS) is 10.7. The third-order valence-corrected chi connectivity index (χ3v) is 4.91. The number of methoxy groups -OCH3 is 1. The lowest BCUT2D eigenvalue weighted by Crippen LogP contribution is -2.17. The predicted octanol–water partition coefficient (Wildman–Crippen LogP) is 5.45. The maximum absolute atomic E-state index is 12.1. The first-order chi connectivity index (χ1) is 14.1. The van der Waals surface area contributed by atoms with Gasteiger partial charge in [-0.1, -0.05) is 45.7 Å². The maximum atomic E-state index is 12.1. The van der Waals surface area contributed by atoms with E-state index in [4.69, 9.17) is 21.1 Å². The summed E-state index contributed by atoms with van der Waals surface area (Å²) in [5.41, 5.74) is 4.66. The second-order valence-corrected chi connectivity index (χ2v) is 7.32. The number of halogens is 2. The van der Waals surface area contributed by atoms with Crippen molar-refractivity contribution in [2.24, 2.45) is 5.10 Å². The number of carbonyl (C=O) groups is 1. The van der Waals surface area contributed by atoms with E-state index in [2.05, 4.69) is 26.5 Å². The first-order valence-electron chi connectivity index (χ1n) is 8.70. The molecule has 3 aromatic carbocycles. The topological polar surface area (TPSA) is 59.9 Å². The van der Waals surface area contributed by atoms with Crippen molar-refractivity contribution in [1.82, 2.24) is 5.43 Å². The quantitative estimate of drug-likeness (QED) is 0.366. The second-order valence-electron chi connectivity index (χ2n) is 6.00. The zero-order valence-corrected chi connectivity index (χ0v) is 17.9. The van der Waals surface area contributed by atoms with Crippen molar-refractivity contribution >= 4 is 39.7 Å². The summed E-state index contributed by atoms with van der Waals surface area (Å²) < 4.78 is 12.1. The molecule has 0 aromatic heterocycles. The monoisotopic (exact) mass is 472 g/mol. The Balaban J connectivity index is 1.63. The van der Waals surface area contributed by atoms with Crippen LogP contribution >= 0.6 is 27.5 Å². The number of rotatable bonds is 7. The minimum Gasteiger partial charge on any atom is -0.493 e. The van der Waals surface area contributed by atoms with Crippen molar-refractivity contribution in [3.8, 4) is 11.5 Å². The van der Waals surface area contributed by atoms with Crippen LogP contribution in [0.4, 0.5) is 0 Å². The summed E-state index contributed by atoms with van der Waals surface area (Å²) in [6, 6.07) is 19.9.